The van der Waals surface area contributed by atoms with E-state index in [2.05, 4.69) is 19.9 Å². The van der Waals surface area contributed by atoms with Crippen LogP contribution in [0.25, 0.3) is 0 Å². The highest BCUT2D eigenvalue weighted by atomic mass is 19.2. The quantitative estimate of drug-likeness (QED) is 0.159. The average Bonchev–Trinajstić information content (AvgIpc) is 3.25. The zero-order valence-corrected chi connectivity index (χ0v) is 26.8. The summed E-state index contributed by atoms with van der Waals surface area (Å²) in [5.41, 5.74) is 1.17. The third-order valence-corrected chi connectivity index (χ3v) is 10.1. The number of rotatable bonds is 11. The molecule has 7 nitrogen and oxygen atoms in total. The minimum atomic E-state index is -1.20. The molecule has 0 heterocycles. The lowest BCUT2D eigenvalue weighted by Crippen LogP contribution is -2.54. The summed E-state index contributed by atoms with van der Waals surface area (Å²) in [5.74, 6) is -2.81. The van der Waals surface area contributed by atoms with Crippen molar-refractivity contribution >= 4 is 5.78 Å². The van der Waals surface area contributed by atoms with Crippen LogP contribution in [-0.4, -0.2) is 88.9 Å². The molecule has 2 bridgehead atoms. The fourth-order valence-electron chi connectivity index (χ4n) is 7.38. The molecule has 45 heavy (non-hydrogen) atoms. The van der Waals surface area contributed by atoms with Gasteiger partial charge in [-0.25, -0.2) is 8.78 Å². The Kier molecular flexibility index (Phi) is 12.1. The smallest absolute Gasteiger partial charge is 0.193 e. The van der Waals surface area contributed by atoms with Crippen molar-refractivity contribution in [1.82, 2.24) is 4.90 Å². The summed E-state index contributed by atoms with van der Waals surface area (Å²) in [6, 6.07) is 8.75. The Morgan fingerprint density at radius 2 is 1.91 bits per heavy atom. The second-order valence-electron chi connectivity index (χ2n) is 13.3. The van der Waals surface area contributed by atoms with Crippen molar-refractivity contribution in [1.29, 1.82) is 0 Å². The lowest BCUT2D eigenvalue weighted by molar-refractivity contribution is -0.0898. The molecule has 0 aliphatic heterocycles. The Morgan fingerprint density at radius 3 is 2.62 bits per heavy atom. The van der Waals surface area contributed by atoms with Crippen LogP contribution in [0.15, 0.2) is 48.0 Å². The van der Waals surface area contributed by atoms with Crippen molar-refractivity contribution in [3.8, 4) is 0 Å². The van der Waals surface area contributed by atoms with Crippen LogP contribution in [0, 0.1) is 17.0 Å². The van der Waals surface area contributed by atoms with Crippen molar-refractivity contribution in [3.05, 3.63) is 81.9 Å². The first kappa shape index (κ1) is 35.3. The number of nitrogens with zero attached hydrogens (tertiary/aromatic N) is 1. The van der Waals surface area contributed by atoms with Crippen LogP contribution in [0.3, 0.4) is 0 Å². The highest BCUT2D eigenvalue weighted by Gasteiger charge is 2.57. The van der Waals surface area contributed by atoms with Crippen molar-refractivity contribution < 1.29 is 38.7 Å². The molecule has 5 rings (SSSR count). The summed E-state index contributed by atoms with van der Waals surface area (Å²) in [6.45, 7) is 5.27. The number of fused-ring (bicyclic) bond motifs is 8. The van der Waals surface area contributed by atoms with Crippen molar-refractivity contribution in [2.24, 2.45) is 5.41 Å². The lowest BCUT2D eigenvalue weighted by Gasteiger charge is -2.46. The predicted octanol–water partition coefficient (Wildman–Crippen LogP) is 4.93. The third kappa shape index (κ3) is 8.25. The van der Waals surface area contributed by atoms with Crippen molar-refractivity contribution in [2.45, 2.75) is 88.9 Å². The maximum atomic E-state index is 14.3. The first-order valence-electron chi connectivity index (χ1n) is 16.1. The van der Waals surface area contributed by atoms with E-state index in [1.165, 1.54) is 11.6 Å². The molecule has 5 unspecified atom stereocenters. The number of carbonyl (C=O) groups is 1. The lowest BCUT2D eigenvalue weighted by atomic mass is 9.64. The van der Waals surface area contributed by atoms with Crippen LogP contribution in [0.2, 0.25) is 0 Å². The first-order valence-corrected chi connectivity index (χ1v) is 16.1. The van der Waals surface area contributed by atoms with Gasteiger partial charge in [0.05, 0.1) is 24.4 Å². The fourth-order valence-corrected chi connectivity index (χ4v) is 7.38. The molecule has 248 valence electrons. The summed E-state index contributed by atoms with van der Waals surface area (Å²) in [5, 5.41) is 43.3. The normalized spacial score (nSPS) is 26.4. The van der Waals surface area contributed by atoms with Gasteiger partial charge in [-0.05, 0) is 99.6 Å². The van der Waals surface area contributed by atoms with Gasteiger partial charge in [0, 0.05) is 49.9 Å². The molecular formula is C36H49F2NO6. The Hall–Kier alpha value is -2.53. The van der Waals surface area contributed by atoms with Gasteiger partial charge in [0.2, 0.25) is 0 Å². The SMILES string of the molecule is COCCCN(CC(O)CO)CC1(O)CCC2c3ccc(cc3C(=O)c3ccc(F)c(F)c3)CC(O)CCC(C)=CCCC21C. The van der Waals surface area contributed by atoms with E-state index in [9.17, 15) is 34.0 Å². The summed E-state index contributed by atoms with van der Waals surface area (Å²) in [4.78, 5) is 16.0. The van der Waals surface area contributed by atoms with Crippen LogP contribution in [0.4, 0.5) is 8.78 Å². The highest BCUT2D eigenvalue weighted by molar-refractivity contribution is 6.10. The van der Waals surface area contributed by atoms with Crippen molar-refractivity contribution in [3.63, 3.8) is 0 Å². The number of aliphatic hydroxyl groups excluding tert-OH is 3. The number of halogens is 2. The van der Waals surface area contributed by atoms with Gasteiger partial charge < -0.3 is 25.2 Å². The third-order valence-electron chi connectivity index (χ3n) is 10.1. The Balaban J connectivity index is 1.81. The summed E-state index contributed by atoms with van der Waals surface area (Å²) >= 11 is 0. The topological polar surface area (TPSA) is 110 Å². The van der Waals surface area contributed by atoms with Gasteiger partial charge in [-0.15, -0.1) is 0 Å². The molecule has 2 aromatic carbocycles. The number of ether oxygens (including phenoxy) is 1. The van der Waals surface area contributed by atoms with E-state index < -0.39 is 40.6 Å². The molecule has 0 aromatic heterocycles. The second kappa shape index (κ2) is 15.4. The van der Waals surface area contributed by atoms with Gasteiger partial charge >= 0.3 is 0 Å². The Morgan fingerprint density at radius 1 is 1.13 bits per heavy atom. The van der Waals surface area contributed by atoms with Crippen LogP contribution in [0.1, 0.15) is 91.8 Å². The van der Waals surface area contributed by atoms with E-state index in [4.69, 9.17) is 4.74 Å². The van der Waals surface area contributed by atoms with E-state index in [-0.39, 0.29) is 31.2 Å². The van der Waals surface area contributed by atoms with Gasteiger partial charge in [0.15, 0.2) is 17.4 Å². The van der Waals surface area contributed by atoms with Crippen LogP contribution in [-0.2, 0) is 11.2 Å². The number of hydrogen-bond acceptors (Lipinski definition) is 7. The number of allylic oxidation sites excluding steroid dienone is 2. The van der Waals surface area contributed by atoms with E-state index in [0.29, 0.717) is 63.7 Å². The number of methoxy groups -OCH3 is 1. The number of carbonyl (C=O) groups excluding carboxylic acids is 1. The molecule has 4 N–H and O–H groups in total. The van der Waals surface area contributed by atoms with Crippen LogP contribution >= 0.6 is 0 Å². The second-order valence-corrected chi connectivity index (χ2v) is 13.3. The summed E-state index contributed by atoms with van der Waals surface area (Å²) in [6.07, 6.45) is 5.26. The van der Waals surface area contributed by atoms with Crippen LogP contribution in [0.5, 0.6) is 0 Å². The van der Waals surface area contributed by atoms with E-state index in [0.717, 1.165) is 29.7 Å². The van der Waals surface area contributed by atoms with Crippen molar-refractivity contribution in [2.75, 3.05) is 40.0 Å². The Labute approximate surface area is 265 Å². The minimum Gasteiger partial charge on any atom is -0.394 e. The van der Waals surface area contributed by atoms with Gasteiger partial charge in [-0.3, -0.25) is 9.69 Å². The van der Waals surface area contributed by atoms with Crippen LogP contribution < -0.4 is 0 Å². The molecule has 0 saturated heterocycles. The molecule has 0 amide bonds. The highest BCUT2D eigenvalue weighted by Crippen LogP contribution is 2.58. The molecule has 9 heteroatoms. The zero-order valence-electron chi connectivity index (χ0n) is 26.8. The molecule has 0 radical (unpaired) electrons. The molecule has 3 aliphatic rings. The van der Waals surface area contributed by atoms with Gasteiger partial charge in [-0.2, -0.15) is 0 Å². The monoisotopic (exact) mass is 629 g/mol. The van der Waals surface area contributed by atoms with Gasteiger partial charge in [0.25, 0.3) is 0 Å². The van der Waals surface area contributed by atoms with E-state index in [1.54, 1.807) is 13.2 Å². The number of benzene rings is 2. The number of hydrogen-bond donors (Lipinski definition) is 4. The van der Waals surface area contributed by atoms with E-state index in [1.807, 2.05) is 17.0 Å². The first-order chi connectivity index (χ1) is 21.4. The molecular weight excluding hydrogens is 580 g/mol. The molecule has 0 spiro atoms. The summed E-state index contributed by atoms with van der Waals surface area (Å²) < 4.78 is 33.3. The predicted molar refractivity (Wildman–Crippen MR) is 169 cm³/mol. The van der Waals surface area contributed by atoms with E-state index >= 15 is 0 Å². The maximum Gasteiger partial charge on any atom is 0.193 e. The fraction of sp³-hybridized carbons (Fsp3) is 0.583. The van der Waals surface area contributed by atoms with Gasteiger partial charge in [-0.1, -0.05) is 30.7 Å². The molecule has 1 fully saturated rings. The maximum absolute atomic E-state index is 14.3. The minimum absolute atomic E-state index is 0.0322. The summed E-state index contributed by atoms with van der Waals surface area (Å²) in [7, 11) is 1.62. The Bertz CT molecular complexity index is 1350. The molecule has 3 aliphatic carbocycles. The average molecular weight is 630 g/mol. The largest absolute Gasteiger partial charge is 0.394 e. The number of ketones is 1. The molecule has 5 atom stereocenters. The standard InChI is InChI=1S/C36H49F2NO6/c1-24-6-4-14-35(2)31(13-15-36(35,44)23-39(16-5-17-45-3)21-28(42)22-40)29-11-8-25(18-27(41)10-7-24)19-30(29)34(43)26-9-12-32(37)33(38)20-26/h6,8-9,11-12,19-20,27-28,31,40-42,44H,4-5,7,10,13-18,21-23H2,1-3H3. The van der Waals surface area contributed by atoms with Gasteiger partial charge in [0.1, 0.15) is 0 Å². The number of aliphatic hydroxyl groups is 4. The zero-order chi connectivity index (χ0) is 32.8. The molecule has 2 aromatic rings. The molecule has 1 saturated carbocycles.